The second-order valence-corrected chi connectivity index (χ2v) is 13.4. The minimum absolute atomic E-state index is 0.0187. The highest BCUT2D eigenvalue weighted by molar-refractivity contribution is 6.03. The second-order valence-electron chi connectivity index (χ2n) is 13.4. The van der Waals surface area contributed by atoms with E-state index in [0.717, 1.165) is 55.0 Å². The molecular formula is C34H36F2N6O3. The topological polar surface area (TPSA) is 95.9 Å². The number of hydrogen-bond donors (Lipinski definition) is 2. The molecule has 234 valence electrons. The number of pyridine rings is 1. The summed E-state index contributed by atoms with van der Waals surface area (Å²) < 4.78 is 44.3. The summed E-state index contributed by atoms with van der Waals surface area (Å²) in [6.07, 6.45) is 4.18. The highest BCUT2D eigenvalue weighted by Crippen LogP contribution is 2.45. The Morgan fingerprint density at radius 3 is 2.96 bits per heavy atom. The molecule has 2 aromatic carbocycles. The Labute approximate surface area is 259 Å². The van der Waals surface area contributed by atoms with Crippen LogP contribution < -0.4 is 19.7 Å². The third kappa shape index (κ3) is 4.19. The van der Waals surface area contributed by atoms with Gasteiger partial charge < -0.3 is 24.8 Å². The van der Waals surface area contributed by atoms with Crippen molar-refractivity contribution in [2.75, 3.05) is 37.7 Å². The summed E-state index contributed by atoms with van der Waals surface area (Å²) in [5.41, 5.74) is 1.24. The third-order valence-corrected chi connectivity index (χ3v) is 10.8. The van der Waals surface area contributed by atoms with Crippen molar-refractivity contribution in [3.8, 4) is 28.9 Å². The number of aryl methyl sites for hydroxylation is 1. The van der Waals surface area contributed by atoms with Crippen molar-refractivity contribution in [2.24, 2.45) is 0 Å². The molecule has 0 unspecified atom stereocenters. The van der Waals surface area contributed by atoms with Gasteiger partial charge in [-0.15, -0.1) is 0 Å². The molecule has 0 saturated carbocycles. The van der Waals surface area contributed by atoms with E-state index in [1.807, 2.05) is 25.1 Å². The van der Waals surface area contributed by atoms with Crippen LogP contribution in [-0.2, 0) is 6.42 Å². The van der Waals surface area contributed by atoms with Crippen LogP contribution in [0, 0.1) is 5.82 Å². The van der Waals surface area contributed by atoms with E-state index in [1.165, 1.54) is 0 Å². The fourth-order valence-corrected chi connectivity index (χ4v) is 8.78. The van der Waals surface area contributed by atoms with Gasteiger partial charge in [-0.25, -0.2) is 13.8 Å². The van der Waals surface area contributed by atoms with Gasteiger partial charge in [0, 0.05) is 37.2 Å². The standard InChI is InChI=1S/C34H36F2N6O3/c1-2-18-5-3-6-19-11-22(43)12-23(26(18)19)29-28(36)30-27-31(42-15-21-7-8-24(37-21)25(42)16-44-32(27)38-29)40-33(39-30)45-17-34-9-4-10-41(34)14-20(35)13-34/h3,5-6,11-12,20-21,24-25,37,43H,2,4,7-10,13-17H2,1H3/t20-,21-,24+,25+,34-/m0/s1. The molecule has 5 aliphatic rings. The van der Waals surface area contributed by atoms with Crippen LogP contribution >= 0.6 is 0 Å². The number of halogens is 2. The monoisotopic (exact) mass is 614 g/mol. The van der Waals surface area contributed by atoms with E-state index in [4.69, 9.17) is 19.4 Å². The summed E-state index contributed by atoms with van der Waals surface area (Å²) >= 11 is 0. The maximum atomic E-state index is 17.0. The van der Waals surface area contributed by atoms with Crippen molar-refractivity contribution in [1.82, 2.24) is 25.2 Å². The molecule has 0 radical (unpaired) electrons. The lowest BCUT2D eigenvalue weighted by molar-refractivity contribution is 0.107. The quantitative estimate of drug-likeness (QED) is 0.325. The van der Waals surface area contributed by atoms with Crippen LogP contribution in [0.3, 0.4) is 0 Å². The van der Waals surface area contributed by atoms with Gasteiger partial charge in [0.2, 0.25) is 5.88 Å². The summed E-state index contributed by atoms with van der Waals surface area (Å²) in [5, 5.41) is 16.5. The van der Waals surface area contributed by atoms with Gasteiger partial charge in [-0.3, -0.25) is 4.90 Å². The van der Waals surface area contributed by atoms with Gasteiger partial charge in [0.05, 0.1) is 11.6 Å². The fourth-order valence-electron chi connectivity index (χ4n) is 8.78. The molecule has 11 heteroatoms. The predicted molar refractivity (Wildman–Crippen MR) is 166 cm³/mol. The van der Waals surface area contributed by atoms with Crippen LogP contribution in [0.25, 0.3) is 32.9 Å². The number of ether oxygens (including phenoxy) is 2. The Balaban J connectivity index is 1.24. The Hall–Kier alpha value is -3.83. The van der Waals surface area contributed by atoms with E-state index < -0.39 is 17.5 Å². The zero-order valence-corrected chi connectivity index (χ0v) is 25.2. The number of nitrogens with zero attached hydrogens (tertiary/aromatic N) is 5. The molecule has 0 amide bonds. The normalized spacial score (nSPS) is 28.7. The molecule has 5 atom stereocenters. The van der Waals surface area contributed by atoms with Crippen LogP contribution in [0.2, 0.25) is 0 Å². The molecule has 4 aromatic rings. The number of hydrogen-bond acceptors (Lipinski definition) is 9. The van der Waals surface area contributed by atoms with Gasteiger partial charge in [-0.1, -0.05) is 25.1 Å². The first kappa shape index (κ1) is 27.5. The Morgan fingerprint density at radius 2 is 2.07 bits per heavy atom. The van der Waals surface area contributed by atoms with E-state index in [-0.39, 0.29) is 47.5 Å². The Morgan fingerprint density at radius 1 is 1.16 bits per heavy atom. The maximum absolute atomic E-state index is 17.0. The van der Waals surface area contributed by atoms with Crippen LogP contribution in [0.1, 0.15) is 44.6 Å². The number of phenolic OH excluding ortho intramolecular Hbond substituents is 1. The summed E-state index contributed by atoms with van der Waals surface area (Å²) in [6.45, 7) is 4.63. The average molecular weight is 615 g/mol. The Bertz CT molecular complexity index is 1860. The smallest absolute Gasteiger partial charge is 0.319 e. The molecule has 9 rings (SSSR count). The van der Waals surface area contributed by atoms with Gasteiger partial charge in [-0.05, 0) is 67.1 Å². The molecule has 2 bridgehead atoms. The number of alkyl halides is 1. The van der Waals surface area contributed by atoms with Crippen LogP contribution in [-0.4, -0.2) is 87.6 Å². The van der Waals surface area contributed by atoms with Crippen molar-refractivity contribution < 1.29 is 23.4 Å². The minimum atomic E-state index is -0.885. The molecule has 45 heavy (non-hydrogen) atoms. The van der Waals surface area contributed by atoms with E-state index in [1.54, 1.807) is 12.1 Å². The summed E-state index contributed by atoms with van der Waals surface area (Å²) in [5.74, 6) is 0.240. The summed E-state index contributed by atoms with van der Waals surface area (Å²) in [6, 6.07) is 9.68. The summed E-state index contributed by atoms with van der Waals surface area (Å²) in [4.78, 5) is 18.8. The molecule has 4 saturated heterocycles. The van der Waals surface area contributed by atoms with Crippen LogP contribution in [0.5, 0.6) is 17.6 Å². The minimum Gasteiger partial charge on any atom is -0.508 e. The first-order valence-electron chi connectivity index (χ1n) is 16.2. The lowest BCUT2D eigenvalue weighted by Gasteiger charge is -2.40. The largest absolute Gasteiger partial charge is 0.508 e. The second kappa shape index (κ2) is 10.1. The van der Waals surface area contributed by atoms with Gasteiger partial charge in [0.15, 0.2) is 5.82 Å². The van der Waals surface area contributed by atoms with Gasteiger partial charge >= 0.3 is 6.01 Å². The van der Waals surface area contributed by atoms with Crippen molar-refractivity contribution >= 4 is 27.5 Å². The third-order valence-electron chi connectivity index (χ3n) is 10.8. The fraction of sp³-hybridized carbons (Fsp3) is 0.500. The molecule has 4 fully saturated rings. The number of fused-ring (bicyclic) bond motifs is 7. The van der Waals surface area contributed by atoms with E-state index in [9.17, 15) is 9.50 Å². The number of piperazine rings is 1. The number of anilines is 1. The van der Waals surface area contributed by atoms with Gasteiger partial charge in [-0.2, -0.15) is 9.97 Å². The highest BCUT2D eigenvalue weighted by Gasteiger charge is 2.50. The molecule has 7 heterocycles. The lowest BCUT2D eigenvalue weighted by Crippen LogP contribution is -2.60. The summed E-state index contributed by atoms with van der Waals surface area (Å²) in [7, 11) is 0. The van der Waals surface area contributed by atoms with Gasteiger partial charge in [0.25, 0.3) is 0 Å². The van der Waals surface area contributed by atoms with Crippen molar-refractivity contribution in [3.05, 3.63) is 41.7 Å². The number of phenols is 1. The first-order valence-corrected chi connectivity index (χ1v) is 16.2. The highest BCUT2D eigenvalue weighted by atomic mass is 19.1. The zero-order chi connectivity index (χ0) is 30.4. The predicted octanol–water partition coefficient (Wildman–Crippen LogP) is 4.91. The van der Waals surface area contributed by atoms with Crippen LogP contribution in [0.15, 0.2) is 30.3 Å². The molecular weight excluding hydrogens is 578 g/mol. The van der Waals surface area contributed by atoms with E-state index in [2.05, 4.69) is 20.1 Å². The first-order chi connectivity index (χ1) is 21.9. The van der Waals surface area contributed by atoms with Crippen molar-refractivity contribution in [1.29, 1.82) is 0 Å². The van der Waals surface area contributed by atoms with Gasteiger partial charge in [0.1, 0.15) is 47.5 Å². The number of nitrogens with one attached hydrogen (secondary N) is 1. The van der Waals surface area contributed by atoms with E-state index >= 15 is 4.39 Å². The van der Waals surface area contributed by atoms with Crippen molar-refractivity contribution in [3.63, 3.8) is 0 Å². The molecule has 2 aromatic heterocycles. The SMILES string of the molecule is CCc1cccc2cc(O)cc(-c3nc4c5c(nc(OC[C@@]67CCCN6C[C@@H](F)C7)nc5c3F)N3C[C@@H]5CC[C@@H](N5)[C@H]3CO4)c12. The number of aromatic hydroxyl groups is 1. The number of benzene rings is 2. The molecule has 5 aliphatic heterocycles. The zero-order valence-electron chi connectivity index (χ0n) is 25.2. The molecule has 9 nitrogen and oxygen atoms in total. The molecule has 0 aliphatic carbocycles. The van der Waals surface area contributed by atoms with E-state index in [0.29, 0.717) is 48.9 Å². The average Bonchev–Trinajstić information content (AvgIpc) is 3.67. The Kier molecular flexibility index (Phi) is 6.16. The van der Waals surface area contributed by atoms with Crippen LogP contribution in [0.4, 0.5) is 14.6 Å². The molecule has 0 spiro atoms. The number of rotatable bonds is 5. The number of aromatic nitrogens is 3. The van der Waals surface area contributed by atoms with Crippen molar-refractivity contribution in [2.45, 2.75) is 75.3 Å². The molecule has 2 N–H and O–H groups in total. The maximum Gasteiger partial charge on any atom is 0.319 e. The lowest BCUT2D eigenvalue weighted by atomic mass is 9.95.